The third kappa shape index (κ3) is 7.80. The lowest BCUT2D eigenvalue weighted by Gasteiger charge is -2.28. The number of unbranched alkanes of at least 4 members (excludes halogenated alkanes) is 4. The highest BCUT2D eigenvalue weighted by atomic mass is 28.4. The minimum Gasteiger partial charge on any atom is -0.374 e. The van der Waals surface area contributed by atoms with Gasteiger partial charge in [0, 0.05) is 37.0 Å². The smallest absolute Gasteiger partial charge is 0.374 e. The van der Waals surface area contributed by atoms with Gasteiger partial charge in [0.15, 0.2) is 11.6 Å². The largest absolute Gasteiger partial charge is 0.500 e. The Hall–Kier alpha value is -3.18. The Kier molecular flexibility index (Phi) is 12.0. The molecule has 0 saturated heterocycles. The van der Waals surface area contributed by atoms with Crippen LogP contribution in [0.1, 0.15) is 84.3 Å². The molecule has 0 unspecified atom stereocenters. The van der Waals surface area contributed by atoms with Crippen molar-refractivity contribution in [2.24, 2.45) is 0 Å². The number of aromatic nitrogens is 6. The second-order valence-electron chi connectivity index (χ2n) is 10.4. The number of hydrogen-bond acceptors (Lipinski definition) is 7. The molecule has 4 aromatic rings. The van der Waals surface area contributed by atoms with Crippen LogP contribution in [0, 0.1) is 0 Å². The maximum Gasteiger partial charge on any atom is 0.500 e. The third-order valence-corrected chi connectivity index (χ3v) is 10.9. The van der Waals surface area contributed by atoms with Crippen LogP contribution >= 0.6 is 0 Å². The fourth-order valence-corrected chi connectivity index (χ4v) is 8.23. The first-order valence-electron chi connectivity index (χ1n) is 15.5. The van der Waals surface area contributed by atoms with Crippen molar-refractivity contribution in [1.29, 1.82) is 0 Å². The summed E-state index contributed by atoms with van der Waals surface area (Å²) in [6.45, 7) is 10.1. The molecule has 9 nitrogen and oxygen atoms in total. The molecule has 2 heterocycles. The molecule has 2 aromatic carbocycles. The van der Waals surface area contributed by atoms with Gasteiger partial charge >= 0.3 is 8.80 Å². The summed E-state index contributed by atoms with van der Waals surface area (Å²) >= 11 is 0. The summed E-state index contributed by atoms with van der Waals surface area (Å²) in [6.07, 6.45) is 7.11. The molecule has 0 spiro atoms. The molecule has 0 radical (unpaired) electrons. The van der Waals surface area contributed by atoms with E-state index >= 15 is 0 Å². The first-order valence-corrected chi connectivity index (χ1v) is 17.4. The summed E-state index contributed by atoms with van der Waals surface area (Å²) in [6, 6.07) is 21.0. The highest BCUT2D eigenvalue weighted by Crippen LogP contribution is 2.38. The monoisotopic (exact) mass is 590 g/mol. The Balaban J connectivity index is 1.46. The zero-order valence-corrected chi connectivity index (χ0v) is 26.6. The van der Waals surface area contributed by atoms with Gasteiger partial charge in [-0.2, -0.15) is 10.2 Å². The molecule has 0 saturated carbocycles. The van der Waals surface area contributed by atoms with E-state index in [-0.39, 0.29) is 0 Å². The van der Waals surface area contributed by atoms with Crippen molar-refractivity contribution < 1.29 is 13.3 Å². The van der Waals surface area contributed by atoms with Gasteiger partial charge in [0.25, 0.3) is 0 Å². The molecule has 2 N–H and O–H groups in total. The molecule has 4 rings (SSSR count). The fourth-order valence-electron chi connectivity index (χ4n) is 5.54. The lowest BCUT2D eigenvalue weighted by atomic mass is 9.78. The summed E-state index contributed by atoms with van der Waals surface area (Å²) in [7, 11) is -2.58. The van der Waals surface area contributed by atoms with E-state index < -0.39 is 14.2 Å². The molecule has 0 aliphatic carbocycles. The Morgan fingerprint density at radius 2 is 1.07 bits per heavy atom. The standard InChI is InChI=1S/C32H46N6O3Si/c1-5-32(30-33-28(35-37-30)26-20-14-12-15-21-26,31-34-29(36-38-31)27-22-16-13-17-23-27)24-18-10-9-11-19-25-42(39-6-2,40-7-3)41-8-4/h12-17,20-23H,5-11,18-19,24-25H2,1-4H3,(H,33,35,37)(H,34,36,38). The fraction of sp³-hybridized carbons (Fsp3) is 0.500. The highest BCUT2D eigenvalue weighted by molar-refractivity contribution is 6.60. The lowest BCUT2D eigenvalue weighted by Crippen LogP contribution is -2.45. The number of rotatable bonds is 19. The summed E-state index contributed by atoms with van der Waals surface area (Å²) in [5, 5.41) is 15.7. The molecule has 0 bridgehead atoms. The van der Waals surface area contributed by atoms with Crippen LogP contribution in [0.2, 0.25) is 6.04 Å². The Labute approximate surface area is 251 Å². The summed E-state index contributed by atoms with van der Waals surface area (Å²) in [5.41, 5.74) is 1.51. The van der Waals surface area contributed by atoms with Gasteiger partial charge in [-0.25, -0.2) is 9.97 Å². The van der Waals surface area contributed by atoms with E-state index in [4.69, 9.17) is 23.2 Å². The third-order valence-electron chi connectivity index (χ3n) is 7.72. The molecule has 0 fully saturated rings. The van der Waals surface area contributed by atoms with Crippen LogP contribution in [-0.2, 0) is 18.7 Å². The van der Waals surface area contributed by atoms with Crippen molar-refractivity contribution in [2.75, 3.05) is 19.8 Å². The minimum absolute atomic E-state index is 0.457. The molecule has 0 amide bonds. The number of aromatic amines is 2. The molecule has 226 valence electrons. The second kappa shape index (κ2) is 15.9. The Bertz CT molecular complexity index is 1220. The normalized spacial score (nSPS) is 12.2. The predicted octanol–water partition coefficient (Wildman–Crippen LogP) is 7.34. The van der Waals surface area contributed by atoms with Gasteiger partial charge < -0.3 is 13.3 Å². The van der Waals surface area contributed by atoms with Crippen LogP contribution in [0.15, 0.2) is 60.7 Å². The number of hydrogen-bond donors (Lipinski definition) is 2. The van der Waals surface area contributed by atoms with Gasteiger partial charge in [0.05, 0.1) is 5.41 Å². The second-order valence-corrected chi connectivity index (χ2v) is 13.2. The average Bonchev–Trinajstić information content (AvgIpc) is 3.72. The molecule has 2 aromatic heterocycles. The van der Waals surface area contributed by atoms with E-state index in [0.717, 1.165) is 73.8 Å². The van der Waals surface area contributed by atoms with Crippen molar-refractivity contribution in [3.8, 4) is 22.8 Å². The van der Waals surface area contributed by atoms with Crippen LogP contribution in [0.5, 0.6) is 0 Å². The lowest BCUT2D eigenvalue weighted by molar-refractivity contribution is 0.0706. The van der Waals surface area contributed by atoms with Gasteiger partial charge in [-0.05, 0) is 40.0 Å². The summed E-state index contributed by atoms with van der Waals surface area (Å²) in [4.78, 5) is 10.00. The zero-order chi connectivity index (χ0) is 29.7. The van der Waals surface area contributed by atoms with E-state index in [0.29, 0.717) is 31.5 Å². The number of benzene rings is 2. The molecule has 10 heteroatoms. The van der Waals surface area contributed by atoms with E-state index in [2.05, 4.69) is 27.3 Å². The van der Waals surface area contributed by atoms with Gasteiger partial charge in [-0.3, -0.25) is 10.2 Å². The quantitative estimate of drug-likeness (QED) is 0.0868. The van der Waals surface area contributed by atoms with Crippen LogP contribution in [0.25, 0.3) is 22.8 Å². The van der Waals surface area contributed by atoms with Crippen molar-refractivity contribution >= 4 is 8.80 Å². The molecule has 0 aliphatic rings. The van der Waals surface area contributed by atoms with E-state index in [9.17, 15) is 0 Å². The Morgan fingerprint density at radius 3 is 1.52 bits per heavy atom. The first-order chi connectivity index (χ1) is 20.6. The van der Waals surface area contributed by atoms with Crippen LogP contribution in [-0.4, -0.2) is 59.0 Å². The minimum atomic E-state index is -2.58. The van der Waals surface area contributed by atoms with Crippen LogP contribution < -0.4 is 0 Å². The average molecular weight is 591 g/mol. The molecule has 0 atom stereocenters. The van der Waals surface area contributed by atoms with Gasteiger partial charge in [-0.1, -0.05) is 93.3 Å². The van der Waals surface area contributed by atoms with Crippen molar-refractivity contribution in [3.05, 3.63) is 72.3 Å². The van der Waals surface area contributed by atoms with E-state index in [1.807, 2.05) is 81.4 Å². The van der Waals surface area contributed by atoms with E-state index in [1.165, 1.54) is 0 Å². The SMILES string of the molecule is CCO[Si](CCCCCCCC(CC)(c1nc(-c2ccccc2)n[nH]1)c1nc(-c2ccccc2)n[nH]1)(OCC)OCC. The van der Waals surface area contributed by atoms with Gasteiger partial charge in [-0.15, -0.1) is 0 Å². The van der Waals surface area contributed by atoms with Crippen molar-refractivity contribution in [1.82, 2.24) is 30.4 Å². The van der Waals surface area contributed by atoms with Crippen molar-refractivity contribution in [3.63, 3.8) is 0 Å². The van der Waals surface area contributed by atoms with Crippen LogP contribution in [0.3, 0.4) is 0 Å². The highest BCUT2D eigenvalue weighted by Gasteiger charge is 2.40. The Morgan fingerprint density at radius 1 is 0.619 bits per heavy atom. The summed E-state index contributed by atoms with van der Waals surface area (Å²) in [5.74, 6) is 3.02. The van der Waals surface area contributed by atoms with Crippen LogP contribution in [0.4, 0.5) is 0 Å². The maximum atomic E-state index is 6.02. The number of nitrogens with zero attached hydrogens (tertiary/aromatic N) is 4. The molecule has 0 aliphatic heterocycles. The predicted molar refractivity (Wildman–Crippen MR) is 168 cm³/mol. The first kappa shape index (κ1) is 31.7. The molecular weight excluding hydrogens is 544 g/mol. The molecular formula is C32H46N6O3Si. The topological polar surface area (TPSA) is 111 Å². The number of nitrogens with one attached hydrogen (secondary N) is 2. The van der Waals surface area contributed by atoms with E-state index in [1.54, 1.807) is 0 Å². The zero-order valence-electron chi connectivity index (χ0n) is 25.6. The maximum absolute atomic E-state index is 6.02. The molecule has 42 heavy (non-hydrogen) atoms. The van der Waals surface area contributed by atoms with Crippen molar-refractivity contribution in [2.45, 2.75) is 84.1 Å². The summed E-state index contributed by atoms with van der Waals surface area (Å²) < 4.78 is 18.1. The van der Waals surface area contributed by atoms with Gasteiger partial charge in [0.2, 0.25) is 0 Å². The van der Waals surface area contributed by atoms with Gasteiger partial charge in [0.1, 0.15) is 11.6 Å². The number of H-pyrrole nitrogens is 2.